The van der Waals surface area contributed by atoms with E-state index in [1.807, 2.05) is 13.8 Å². The van der Waals surface area contributed by atoms with E-state index in [1.54, 1.807) is 41.3 Å². The van der Waals surface area contributed by atoms with Crippen LogP contribution < -0.4 is 9.46 Å². The second-order valence-corrected chi connectivity index (χ2v) is 8.48. The first kappa shape index (κ1) is 20.2. The molecule has 7 nitrogen and oxygen atoms in total. The number of para-hydroxylation sites is 1. The fourth-order valence-corrected chi connectivity index (χ4v) is 4.31. The minimum atomic E-state index is -3.85. The van der Waals surface area contributed by atoms with Crippen molar-refractivity contribution in [2.45, 2.75) is 31.0 Å². The van der Waals surface area contributed by atoms with Gasteiger partial charge in [-0.3, -0.25) is 9.52 Å². The SMILES string of the molecule is COc1ccc(S(=O)(=O)Nc2ccccc2C(=O)N2C[C@@H](C)O[C@H](C)C2)cc1. The number of hydrogen-bond acceptors (Lipinski definition) is 5. The summed E-state index contributed by atoms with van der Waals surface area (Å²) >= 11 is 0. The Morgan fingerprint density at radius 3 is 2.29 bits per heavy atom. The normalized spacial score (nSPS) is 19.9. The molecule has 28 heavy (non-hydrogen) atoms. The molecule has 1 saturated heterocycles. The van der Waals surface area contributed by atoms with Crippen LogP contribution in [-0.4, -0.2) is 51.6 Å². The summed E-state index contributed by atoms with van der Waals surface area (Å²) in [6.45, 7) is 4.74. The molecule has 1 heterocycles. The third kappa shape index (κ3) is 4.45. The maximum atomic E-state index is 13.0. The van der Waals surface area contributed by atoms with Gasteiger partial charge in [-0.25, -0.2) is 8.42 Å². The number of nitrogens with one attached hydrogen (secondary N) is 1. The Morgan fingerprint density at radius 1 is 1.07 bits per heavy atom. The monoisotopic (exact) mass is 404 g/mol. The zero-order valence-corrected chi connectivity index (χ0v) is 16.9. The van der Waals surface area contributed by atoms with Crippen molar-refractivity contribution in [1.29, 1.82) is 0 Å². The molecule has 0 aliphatic carbocycles. The summed E-state index contributed by atoms with van der Waals surface area (Å²) in [5, 5.41) is 0. The van der Waals surface area contributed by atoms with E-state index in [1.165, 1.54) is 19.2 Å². The second-order valence-electron chi connectivity index (χ2n) is 6.79. The predicted octanol–water partition coefficient (Wildman–Crippen LogP) is 2.75. The quantitative estimate of drug-likeness (QED) is 0.828. The summed E-state index contributed by atoms with van der Waals surface area (Å²) < 4.78 is 38.8. The molecule has 8 heteroatoms. The molecule has 1 amide bonds. The Hall–Kier alpha value is -2.58. The molecule has 0 unspecified atom stereocenters. The zero-order valence-electron chi connectivity index (χ0n) is 16.1. The van der Waals surface area contributed by atoms with Gasteiger partial charge in [-0.05, 0) is 50.2 Å². The van der Waals surface area contributed by atoms with Crippen molar-refractivity contribution in [2.24, 2.45) is 0 Å². The molecule has 1 N–H and O–H groups in total. The standard InChI is InChI=1S/C20H24N2O5S/c1-14-12-22(13-15(2)27-14)20(23)18-6-4-5-7-19(18)21-28(24,25)17-10-8-16(26-3)9-11-17/h4-11,14-15,21H,12-13H2,1-3H3/t14-,15-/m1/s1. The third-order valence-electron chi connectivity index (χ3n) is 4.48. The van der Waals surface area contributed by atoms with Crippen molar-refractivity contribution in [3.63, 3.8) is 0 Å². The van der Waals surface area contributed by atoms with E-state index < -0.39 is 10.0 Å². The van der Waals surface area contributed by atoms with Crippen LogP contribution in [0.15, 0.2) is 53.4 Å². The molecular weight excluding hydrogens is 380 g/mol. The number of carbonyl (C=O) groups excluding carboxylic acids is 1. The molecule has 0 aromatic heterocycles. The van der Waals surface area contributed by atoms with Crippen LogP contribution in [0.2, 0.25) is 0 Å². The molecule has 1 aliphatic rings. The fraction of sp³-hybridized carbons (Fsp3) is 0.350. The highest BCUT2D eigenvalue weighted by atomic mass is 32.2. The molecule has 0 bridgehead atoms. The Morgan fingerprint density at radius 2 is 1.68 bits per heavy atom. The van der Waals surface area contributed by atoms with Gasteiger partial charge in [-0.2, -0.15) is 0 Å². The lowest BCUT2D eigenvalue weighted by atomic mass is 10.1. The van der Waals surface area contributed by atoms with Crippen LogP contribution in [0.3, 0.4) is 0 Å². The van der Waals surface area contributed by atoms with Gasteiger partial charge >= 0.3 is 0 Å². The molecule has 0 radical (unpaired) electrons. The number of benzene rings is 2. The summed E-state index contributed by atoms with van der Waals surface area (Å²) in [5.74, 6) is 0.333. The highest BCUT2D eigenvalue weighted by molar-refractivity contribution is 7.92. The van der Waals surface area contributed by atoms with E-state index in [0.717, 1.165) is 0 Å². The van der Waals surface area contributed by atoms with Crippen molar-refractivity contribution in [3.8, 4) is 5.75 Å². The lowest BCUT2D eigenvalue weighted by Crippen LogP contribution is -2.48. The van der Waals surface area contributed by atoms with Crippen molar-refractivity contribution in [3.05, 3.63) is 54.1 Å². The zero-order chi connectivity index (χ0) is 20.3. The number of hydrogen-bond donors (Lipinski definition) is 1. The minimum Gasteiger partial charge on any atom is -0.497 e. The van der Waals surface area contributed by atoms with Crippen molar-refractivity contribution < 1.29 is 22.7 Å². The molecule has 2 aromatic rings. The first-order valence-corrected chi connectivity index (χ1v) is 10.5. The maximum Gasteiger partial charge on any atom is 0.261 e. The van der Waals surface area contributed by atoms with E-state index >= 15 is 0 Å². The molecule has 150 valence electrons. The second kappa shape index (κ2) is 8.20. The Bertz CT molecular complexity index is 933. The van der Waals surface area contributed by atoms with Gasteiger partial charge in [0.05, 0.1) is 35.5 Å². The van der Waals surface area contributed by atoms with Gasteiger partial charge in [0.25, 0.3) is 15.9 Å². The van der Waals surface area contributed by atoms with Crippen LogP contribution in [0.1, 0.15) is 24.2 Å². The average Bonchev–Trinajstić information content (AvgIpc) is 2.67. The minimum absolute atomic E-state index is 0.0733. The summed E-state index contributed by atoms with van der Waals surface area (Å²) in [7, 11) is -2.34. The van der Waals surface area contributed by atoms with Gasteiger partial charge in [0.2, 0.25) is 0 Å². The number of anilines is 1. The van der Waals surface area contributed by atoms with Gasteiger partial charge in [0.15, 0.2) is 0 Å². The predicted molar refractivity (Wildman–Crippen MR) is 106 cm³/mol. The highest BCUT2D eigenvalue weighted by Gasteiger charge is 2.28. The number of carbonyl (C=O) groups is 1. The molecule has 2 aromatic carbocycles. The number of morpholine rings is 1. The van der Waals surface area contributed by atoms with E-state index in [9.17, 15) is 13.2 Å². The first-order valence-electron chi connectivity index (χ1n) is 9.01. The molecular formula is C20H24N2O5S. The molecule has 3 rings (SSSR count). The third-order valence-corrected chi connectivity index (χ3v) is 5.86. The van der Waals surface area contributed by atoms with E-state index in [2.05, 4.69) is 4.72 Å². The summed E-state index contributed by atoms with van der Waals surface area (Å²) in [6, 6.07) is 12.7. The number of amides is 1. The number of rotatable bonds is 5. The number of ether oxygens (including phenoxy) is 2. The summed E-state index contributed by atoms with van der Waals surface area (Å²) in [5.41, 5.74) is 0.552. The first-order chi connectivity index (χ1) is 13.3. The van der Waals surface area contributed by atoms with Crippen molar-refractivity contribution in [2.75, 3.05) is 24.9 Å². The highest BCUT2D eigenvalue weighted by Crippen LogP contribution is 2.24. The van der Waals surface area contributed by atoms with Crippen LogP contribution in [0, 0.1) is 0 Å². The molecule has 1 aliphatic heterocycles. The molecule has 2 atom stereocenters. The summed E-state index contributed by atoms with van der Waals surface area (Å²) in [4.78, 5) is 14.8. The largest absolute Gasteiger partial charge is 0.497 e. The van der Waals surface area contributed by atoms with Crippen LogP contribution in [-0.2, 0) is 14.8 Å². The maximum absolute atomic E-state index is 13.0. The van der Waals surface area contributed by atoms with Crippen LogP contribution in [0.25, 0.3) is 0 Å². The van der Waals surface area contributed by atoms with Gasteiger partial charge in [-0.15, -0.1) is 0 Å². The molecule has 1 fully saturated rings. The van der Waals surface area contributed by atoms with E-state index in [0.29, 0.717) is 24.4 Å². The van der Waals surface area contributed by atoms with Crippen LogP contribution in [0.5, 0.6) is 5.75 Å². The van der Waals surface area contributed by atoms with E-state index in [-0.39, 0.29) is 28.7 Å². The number of methoxy groups -OCH3 is 1. The van der Waals surface area contributed by atoms with Crippen LogP contribution in [0.4, 0.5) is 5.69 Å². The Balaban J connectivity index is 1.86. The lowest BCUT2D eigenvalue weighted by Gasteiger charge is -2.35. The smallest absolute Gasteiger partial charge is 0.261 e. The summed E-state index contributed by atoms with van der Waals surface area (Å²) in [6.07, 6.45) is -0.147. The lowest BCUT2D eigenvalue weighted by molar-refractivity contribution is -0.0585. The van der Waals surface area contributed by atoms with Gasteiger partial charge in [-0.1, -0.05) is 12.1 Å². The Labute approximate surface area is 165 Å². The molecule has 0 spiro atoms. The van der Waals surface area contributed by atoms with Crippen molar-refractivity contribution >= 4 is 21.6 Å². The van der Waals surface area contributed by atoms with Crippen molar-refractivity contribution in [1.82, 2.24) is 4.90 Å². The average molecular weight is 404 g/mol. The molecule has 0 saturated carbocycles. The Kier molecular flexibility index (Phi) is 5.90. The van der Waals surface area contributed by atoms with Gasteiger partial charge in [0, 0.05) is 13.1 Å². The van der Waals surface area contributed by atoms with E-state index in [4.69, 9.17) is 9.47 Å². The fourth-order valence-electron chi connectivity index (χ4n) is 3.23. The van der Waals surface area contributed by atoms with Gasteiger partial charge in [0.1, 0.15) is 5.75 Å². The number of nitrogens with zero attached hydrogens (tertiary/aromatic N) is 1. The van der Waals surface area contributed by atoms with Crippen LogP contribution >= 0.6 is 0 Å². The van der Waals surface area contributed by atoms with Gasteiger partial charge < -0.3 is 14.4 Å². The topological polar surface area (TPSA) is 84.9 Å². The number of sulfonamides is 1.